The summed E-state index contributed by atoms with van der Waals surface area (Å²) < 4.78 is 37.9. The molecular weight excluding hydrogens is 432 g/mol. The van der Waals surface area contributed by atoms with Gasteiger partial charge in [-0.3, -0.25) is 0 Å². The number of ether oxygens (including phenoxy) is 2. The van der Waals surface area contributed by atoms with E-state index in [9.17, 15) is 8.42 Å². The summed E-state index contributed by atoms with van der Waals surface area (Å²) in [7, 11) is -3.55. The lowest BCUT2D eigenvalue weighted by molar-refractivity contribution is 0.360. The van der Waals surface area contributed by atoms with Gasteiger partial charge in [-0.1, -0.05) is 60.7 Å². The van der Waals surface area contributed by atoms with Crippen molar-refractivity contribution in [3.8, 4) is 34.1 Å². The Bertz CT molecular complexity index is 1610. The number of hydrogen-bond donors (Lipinski definition) is 0. The van der Waals surface area contributed by atoms with Crippen LogP contribution >= 0.6 is 0 Å². The summed E-state index contributed by atoms with van der Waals surface area (Å²) in [5.41, 5.74) is 1.79. The van der Waals surface area contributed by atoms with Gasteiger partial charge < -0.3 is 9.47 Å². The van der Waals surface area contributed by atoms with Crippen LogP contribution in [0.4, 0.5) is 0 Å². The minimum absolute atomic E-state index is 0.260. The molecule has 33 heavy (non-hydrogen) atoms. The third kappa shape index (κ3) is 3.43. The molecule has 160 valence electrons. The van der Waals surface area contributed by atoms with Gasteiger partial charge >= 0.3 is 0 Å². The lowest BCUT2D eigenvalue weighted by atomic mass is 10.0. The Labute approximate surface area is 191 Å². The first-order valence-corrected chi connectivity index (χ1v) is 12.0. The van der Waals surface area contributed by atoms with E-state index in [0.29, 0.717) is 23.0 Å². The minimum Gasteiger partial charge on any atom is -0.449 e. The first-order chi connectivity index (χ1) is 16.1. The van der Waals surface area contributed by atoms with E-state index in [1.165, 1.54) is 0 Å². The van der Waals surface area contributed by atoms with Crippen molar-refractivity contribution in [2.75, 3.05) is 0 Å². The van der Waals surface area contributed by atoms with Gasteiger partial charge in [-0.05, 0) is 70.4 Å². The van der Waals surface area contributed by atoms with Crippen LogP contribution in [0.1, 0.15) is 0 Å². The monoisotopic (exact) mass is 450 g/mol. The van der Waals surface area contributed by atoms with Crippen LogP contribution in [0.5, 0.6) is 23.0 Å². The fraction of sp³-hybridized carbons (Fsp3) is 0. The molecule has 0 radical (unpaired) electrons. The molecule has 5 heteroatoms. The Morgan fingerprint density at radius 2 is 0.970 bits per heavy atom. The van der Waals surface area contributed by atoms with Crippen molar-refractivity contribution in [1.82, 2.24) is 0 Å². The molecule has 0 aromatic heterocycles. The van der Waals surface area contributed by atoms with Crippen LogP contribution in [0.25, 0.3) is 21.9 Å². The molecule has 0 atom stereocenters. The SMILES string of the molecule is O=S(=O)(c1ccccc1)c1ccc(-c2ccc3c(c2)Oc2cc4ccccc4cc2O3)cc1. The van der Waals surface area contributed by atoms with Crippen molar-refractivity contribution in [3.63, 3.8) is 0 Å². The second kappa shape index (κ2) is 7.50. The van der Waals surface area contributed by atoms with Crippen LogP contribution in [-0.4, -0.2) is 8.42 Å². The highest BCUT2D eigenvalue weighted by atomic mass is 32.2. The third-order valence-electron chi connectivity index (χ3n) is 5.75. The Balaban J connectivity index is 1.32. The lowest BCUT2D eigenvalue weighted by Gasteiger charge is -2.22. The molecule has 5 aromatic carbocycles. The molecule has 0 unspecified atom stereocenters. The lowest BCUT2D eigenvalue weighted by Crippen LogP contribution is -2.01. The fourth-order valence-electron chi connectivity index (χ4n) is 4.01. The molecule has 0 saturated heterocycles. The molecular formula is C28H18O4S. The second-order valence-electron chi connectivity index (χ2n) is 7.85. The number of rotatable bonds is 3. The quantitative estimate of drug-likeness (QED) is 0.285. The van der Waals surface area contributed by atoms with E-state index in [1.807, 2.05) is 66.7 Å². The van der Waals surface area contributed by atoms with Gasteiger partial charge in [-0.15, -0.1) is 0 Å². The van der Waals surface area contributed by atoms with Crippen LogP contribution in [-0.2, 0) is 9.84 Å². The summed E-state index contributed by atoms with van der Waals surface area (Å²) in [5, 5.41) is 2.17. The molecule has 0 bridgehead atoms. The zero-order valence-electron chi connectivity index (χ0n) is 17.4. The first kappa shape index (κ1) is 19.6. The third-order valence-corrected chi connectivity index (χ3v) is 7.53. The summed E-state index contributed by atoms with van der Waals surface area (Å²) >= 11 is 0. The van der Waals surface area contributed by atoms with E-state index < -0.39 is 9.84 Å². The molecule has 0 N–H and O–H groups in total. The average molecular weight is 451 g/mol. The van der Waals surface area contributed by atoms with Crippen molar-refractivity contribution >= 4 is 20.6 Å². The summed E-state index contributed by atoms with van der Waals surface area (Å²) in [4.78, 5) is 0.541. The smallest absolute Gasteiger partial charge is 0.206 e. The van der Waals surface area contributed by atoms with Gasteiger partial charge in [0.15, 0.2) is 23.0 Å². The van der Waals surface area contributed by atoms with Crippen molar-refractivity contribution < 1.29 is 17.9 Å². The molecule has 1 aliphatic heterocycles. The predicted molar refractivity (Wildman–Crippen MR) is 128 cm³/mol. The second-order valence-corrected chi connectivity index (χ2v) is 9.80. The largest absolute Gasteiger partial charge is 0.449 e. The molecule has 6 rings (SSSR count). The van der Waals surface area contributed by atoms with E-state index in [4.69, 9.17) is 9.47 Å². The fourth-order valence-corrected chi connectivity index (χ4v) is 5.29. The summed E-state index contributed by atoms with van der Waals surface area (Å²) in [6.07, 6.45) is 0. The van der Waals surface area contributed by atoms with Gasteiger partial charge in [-0.25, -0.2) is 8.42 Å². The van der Waals surface area contributed by atoms with Crippen LogP contribution < -0.4 is 9.47 Å². The topological polar surface area (TPSA) is 52.6 Å². The van der Waals surface area contributed by atoms with Crippen molar-refractivity contribution in [2.24, 2.45) is 0 Å². The molecule has 1 heterocycles. The van der Waals surface area contributed by atoms with Gasteiger partial charge in [0.2, 0.25) is 9.84 Å². The van der Waals surface area contributed by atoms with Gasteiger partial charge in [0, 0.05) is 0 Å². The first-order valence-electron chi connectivity index (χ1n) is 10.5. The van der Waals surface area contributed by atoms with E-state index in [0.717, 1.165) is 21.9 Å². The van der Waals surface area contributed by atoms with Crippen molar-refractivity contribution in [3.05, 3.63) is 109 Å². The Morgan fingerprint density at radius 1 is 0.455 bits per heavy atom. The van der Waals surface area contributed by atoms with Crippen LogP contribution in [0.3, 0.4) is 0 Å². The van der Waals surface area contributed by atoms with E-state index >= 15 is 0 Å². The van der Waals surface area contributed by atoms with Crippen molar-refractivity contribution in [1.29, 1.82) is 0 Å². The Morgan fingerprint density at radius 3 is 1.64 bits per heavy atom. The number of benzene rings is 5. The average Bonchev–Trinajstić information content (AvgIpc) is 2.86. The molecule has 0 aliphatic carbocycles. The number of sulfone groups is 1. The summed E-state index contributed by atoms with van der Waals surface area (Å²) in [6.45, 7) is 0. The molecule has 5 aromatic rings. The molecule has 0 amide bonds. The molecule has 0 spiro atoms. The molecule has 0 fully saturated rings. The minimum atomic E-state index is -3.55. The molecule has 4 nitrogen and oxygen atoms in total. The number of fused-ring (bicyclic) bond motifs is 3. The van der Waals surface area contributed by atoms with Crippen molar-refractivity contribution in [2.45, 2.75) is 9.79 Å². The van der Waals surface area contributed by atoms with Gasteiger partial charge in [-0.2, -0.15) is 0 Å². The highest BCUT2D eigenvalue weighted by Crippen LogP contribution is 2.47. The molecule has 0 saturated carbocycles. The van der Waals surface area contributed by atoms with Gasteiger partial charge in [0.1, 0.15) is 0 Å². The standard InChI is InChI=1S/C28H18O4S/c29-33(30,23-8-2-1-3-9-23)24-13-10-19(11-14-24)22-12-15-25-26(18-22)32-28-17-21-7-5-4-6-20(21)16-27(28)31-25/h1-18H. The van der Waals surface area contributed by atoms with Crippen LogP contribution in [0.15, 0.2) is 119 Å². The highest BCUT2D eigenvalue weighted by Gasteiger charge is 2.21. The zero-order chi connectivity index (χ0) is 22.4. The Kier molecular flexibility index (Phi) is 4.45. The van der Waals surface area contributed by atoms with E-state index in [1.54, 1.807) is 42.5 Å². The maximum atomic E-state index is 12.8. The van der Waals surface area contributed by atoms with Gasteiger partial charge in [0.05, 0.1) is 9.79 Å². The van der Waals surface area contributed by atoms with E-state index in [2.05, 4.69) is 0 Å². The van der Waals surface area contributed by atoms with Crippen LogP contribution in [0.2, 0.25) is 0 Å². The van der Waals surface area contributed by atoms with E-state index in [-0.39, 0.29) is 9.79 Å². The highest BCUT2D eigenvalue weighted by molar-refractivity contribution is 7.91. The predicted octanol–water partition coefficient (Wildman–Crippen LogP) is 7.24. The van der Waals surface area contributed by atoms with Crippen LogP contribution in [0, 0.1) is 0 Å². The zero-order valence-corrected chi connectivity index (χ0v) is 18.3. The maximum absolute atomic E-state index is 12.8. The summed E-state index contributed by atoms with van der Waals surface area (Å²) in [6, 6.07) is 33.1. The van der Waals surface area contributed by atoms with Gasteiger partial charge in [0.25, 0.3) is 0 Å². The Hall–Kier alpha value is -4.09. The normalized spacial score (nSPS) is 12.4. The summed E-state index contributed by atoms with van der Waals surface area (Å²) in [5.74, 6) is 2.62. The molecule has 1 aliphatic rings. The number of hydrogen-bond acceptors (Lipinski definition) is 4. The maximum Gasteiger partial charge on any atom is 0.206 e.